The molecule has 0 aliphatic heterocycles. The molecule has 2 aromatic carbocycles. The quantitative estimate of drug-likeness (QED) is 0.667. The summed E-state index contributed by atoms with van der Waals surface area (Å²) in [5.74, 6) is -1.35. The second-order valence-corrected chi connectivity index (χ2v) is 7.60. The van der Waals surface area contributed by atoms with Crippen LogP contribution in [0.25, 0.3) is 0 Å². The van der Waals surface area contributed by atoms with Gasteiger partial charge in [-0.1, -0.05) is 71.7 Å². The molecule has 0 fully saturated rings. The summed E-state index contributed by atoms with van der Waals surface area (Å²) in [4.78, 5) is 50.4. The highest BCUT2D eigenvalue weighted by molar-refractivity contribution is 6.50. The number of allylic oxidation sites excluding steroid dienone is 4. The maximum atomic E-state index is 12.7. The van der Waals surface area contributed by atoms with E-state index in [0.717, 1.165) is 0 Å². The van der Waals surface area contributed by atoms with Crippen LogP contribution in [0.4, 0.5) is 0 Å². The first-order chi connectivity index (χ1) is 13.9. The van der Waals surface area contributed by atoms with Crippen LogP contribution in [0.1, 0.15) is 60.7 Å². The lowest BCUT2D eigenvalue weighted by Crippen LogP contribution is -2.21. The van der Waals surface area contributed by atoms with Crippen LogP contribution in [-0.2, 0) is 0 Å². The summed E-state index contributed by atoms with van der Waals surface area (Å²) in [6.45, 7) is 0. The molecule has 0 unspecified atom stereocenters. The van der Waals surface area contributed by atoms with Crippen LogP contribution < -0.4 is 0 Å². The minimum absolute atomic E-state index is 0.0924. The zero-order chi connectivity index (χ0) is 20.7. The van der Waals surface area contributed by atoms with Gasteiger partial charge in [-0.15, -0.1) is 0 Å². The number of carbonyl (C=O) groups excluding carboxylic acids is 4. The summed E-state index contributed by atoms with van der Waals surface area (Å²) in [6.07, 6.45) is 0.753. The lowest BCUT2D eigenvalue weighted by atomic mass is 9.84. The van der Waals surface area contributed by atoms with Crippen LogP contribution in [0.15, 0.2) is 69.7 Å². The number of ketones is 4. The maximum absolute atomic E-state index is 12.7. The second-order valence-electron chi connectivity index (χ2n) is 6.85. The summed E-state index contributed by atoms with van der Waals surface area (Å²) in [6, 6.07) is 13.1. The van der Waals surface area contributed by atoms with Crippen molar-refractivity contribution in [3.63, 3.8) is 0 Å². The van der Waals surface area contributed by atoms with Gasteiger partial charge < -0.3 is 0 Å². The van der Waals surface area contributed by atoms with Gasteiger partial charge in [-0.2, -0.15) is 0 Å². The number of rotatable bonds is 4. The molecular formula is C23H14Cl2O4. The van der Waals surface area contributed by atoms with Crippen molar-refractivity contribution in [2.24, 2.45) is 0 Å². The van der Waals surface area contributed by atoms with Crippen LogP contribution >= 0.6 is 23.2 Å². The average Bonchev–Trinajstić information content (AvgIpc) is 2.75. The summed E-state index contributed by atoms with van der Waals surface area (Å²) < 4.78 is 0. The molecule has 0 saturated carbocycles. The molecule has 2 aromatic rings. The molecule has 0 amide bonds. The Kier molecular flexibility index (Phi) is 5.07. The van der Waals surface area contributed by atoms with Crippen molar-refractivity contribution >= 4 is 46.3 Å². The van der Waals surface area contributed by atoms with Gasteiger partial charge in [-0.3, -0.25) is 19.2 Å². The minimum Gasteiger partial charge on any atom is -0.289 e. The Balaban J connectivity index is 1.55. The molecule has 0 saturated heterocycles. The van der Waals surface area contributed by atoms with Crippen LogP contribution in [0.5, 0.6) is 0 Å². The number of Topliss-reactive ketones (excluding diaryl/α,β-unsaturated/α-hetero) is 4. The molecule has 4 rings (SSSR count). The third-order valence-electron chi connectivity index (χ3n) is 5.16. The lowest BCUT2D eigenvalue weighted by molar-refractivity contribution is 0.0974. The van der Waals surface area contributed by atoms with E-state index in [1.165, 1.54) is 0 Å². The van der Waals surface area contributed by atoms with E-state index in [-0.39, 0.29) is 57.2 Å². The number of benzene rings is 2. The van der Waals surface area contributed by atoms with Crippen molar-refractivity contribution in [1.29, 1.82) is 0 Å². The van der Waals surface area contributed by atoms with Crippen molar-refractivity contribution < 1.29 is 19.2 Å². The number of fused-ring (bicyclic) bond motifs is 2. The van der Waals surface area contributed by atoms with Gasteiger partial charge in [0.15, 0.2) is 11.6 Å². The van der Waals surface area contributed by atoms with Gasteiger partial charge in [0.2, 0.25) is 11.6 Å². The molecule has 29 heavy (non-hydrogen) atoms. The zero-order valence-electron chi connectivity index (χ0n) is 15.1. The number of carbonyl (C=O) groups is 4. The molecule has 0 atom stereocenters. The monoisotopic (exact) mass is 424 g/mol. The van der Waals surface area contributed by atoms with Crippen molar-refractivity contribution in [2.45, 2.75) is 19.3 Å². The van der Waals surface area contributed by atoms with E-state index in [2.05, 4.69) is 0 Å². The van der Waals surface area contributed by atoms with E-state index in [1.807, 2.05) is 0 Å². The van der Waals surface area contributed by atoms with E-state index in [4.69, 9.17) is 23.2 Å². The SMILES string of the molecule is O=C1C(Cl)=C(CCCC2=C(Cl)C(=O)c3ccccc3C2=O)C(=O)c2ccccc21. The average molecular weight is 425 g/mol. The third kappa shape index (κ3) is 3.18. The van der Waals surface area contributed by atoms with Crippen molar-refractivity contribution in [2.75, 3.05) is 0 Å². The normalized spacial score (nSPS) is 16.3. The zero-order valence-corrected chi connectivity index (χ0v) is 16.6. The van der Waals surface area contributed by atoms with Crippen LogP contribution in [0.2, 0.25) is 0 Å². The highest BCUT2D eigenvalue weighted by Crippen LogP contribution is 2.34. The summed E-state index contributed by atoms with van der Waals surface area (Å²) in [5.41, 5.74) is 1.69. The molecule has 0 aromatic heterocycles. The van der Waals surface area contributed by atoms with Gasteiger partial charge in [0, 0.05) is 33.4 Å². The Bertz CT molecular complexity index is 1080. The van der Waals surface area contributed by atoms with Gasteiger partial charge in [0.1, 0.15) is 0 Å². The van der Waals surface area contributed by atoms with Crippen LogP contribution in [0.3, 0.4) is 0 Å². The van der Waals surface area contributed by atoms with Crippen molar-refractivity contribution in [3.05, 3.63) is 92.0 Å². The molecule has 2 aliphatic rings. The number of hydrogen-bond donors (Lipinski definition) is 0. The third-order valence-corrected chi connectivity index (χ3v) is 5.96. The minimum atomic E-state index is -0.382. The predicted octanol–water partition coefficient (Wildman–Crippen LogP) is 5.30. The maximum Gasteiger partial charge on any atom is 0.205 e. The Labute approximate surface area is 176 Å². The number of hydrogen-bond acceptors (Lipinski definition) is 4. The molecule has 6 heteroatoms. The summed E-state index contributed by atoms with van der Waals surface area (Å²) in [5, 5.41) is -0.185. The molecule has 2 aliphatic carbocycles. The molecule has 144 valence electrons. The lowest BCUT2D eigenvalue weighted by Gasteiger charge is -2.19. The van der Waals surface area contributed by atoms with Gasteiger partial charge in [0.05, 0.1) is 10.1 Å². The van der Waals surface area contributed by atoms with Gasteiger partial charge in [-0.05, 0) is 19.3 Å². The molecule has 0 radical (unpaired) electrons. The topological polar surface area (TPSA) is 68.3 Å². The Morgan fingerprint density at radius 3 is 1.17 bits per heavy atom. The molecule has 0 N–H and O–H groups in total. The van der Waals surface area contributed by atoms with E-state index in [9.17, 15) is 19.2 Å². The van der Waals surface area contributed by atoms with Gasteiger partial charge in [0.25, 0.3) is 0 Å². The molecule has 0 spiro atoms. The Morgan fingerprint density at radius 1 is 0.517 bits per heavy atom. The Hall–Kier alpha value is -2.82. The number of halogens is 2. The van der Waals surface area contributed by atoms with Crippen LogP contribution in [0, 0.1) is 0 Å². The fourth-order valence-electron chi connectivity index (χ4n) is 3.68. The fourth-order valence-corrected chi connectivity index (χ4v) is 4.25. The molecular weight excluding hydrogens is 411 g/mol. The van der Waals surface area contributed by atoms with Crippen LogP contribution in [-0.4, -0.2) is 23.1 Å². The van der Waals surface area contributed by atoms with E-state index >= 15 is 0 Å². The smallest absolute Gasteiger partial charge is 0.205 e. The molecule has 0 bridgehead atoms. The Morgan fingerprint density at radius 2 is 0.828 bits per heavy atom. The highest BCUT2D eigenvalue weighted by Gasteiger charge is 2.33. The summed E-state index contributed by atoms with van der Waals surface area (Å²) >= 11 is 12.3. The van der Waals surface area contributed by atoms with Crippen molar-refractivity contribution in [1.82, 2.24) is 0 Å². The largest absolute Gasteiger partial charge is 0.289 e. The van der Waals surface area contributed by atoms with E-state index in [1.54, 1.807) is 48.5 Å². The van der Waals surface area contributed by atoms with E-state index < -0.39 is 0 Å². The van der Waals surface area contributed by atoms with E-state index in [0.29, 0.717) is 28.7 Å². The fraction of sp³-hybridized carbons (Fsp3) is 0.130. The standard InChI is InChI=1S/C23H14Cl2O4/c24-18-16(20(26)12-6-1-3-8-14(12)22(18)28)10-5-11-17-19(25)23(29)15-9-4-2-7-13(15)21(17)27/h1-4,6-9H,5,10-11H2. The highest BCUT2D eigenvalue weighted by atomic mass is 35.5. The first-order valence-corrected chi connectivity index (χ1v) is 9.81. The van der Waals surface area contributed by atoms with Gasteiger partial charge in [-0.25, -0.2) is 0 Å². The first kappa shape index (κ1) is 19.5. The summed E-state index contributed by atoms with van der Waals surface area (Å²) in [7, 11) is 0. The van der Waals surface area contributed by atoms with Gasteiger partial charge >= 0.3 is 0 Å². The first-order valence-electron chi connectivity index (χ1n) is 9.06. The predicted molar refractivity (Wildman–Crippen MR) is 110 cm³/mol. The van der Waals surface area contributed by atoms with Crippen molar-refractivity contribution in [3.8, 4) is 0 Å². The molecule has 4 nitrogen and oxygen atoms in total. The second kappa shape index (κ2) is 7.54. The molecule has 0 heterocycles.